The van der Waals surface area contributed by atoms with E-state index in [1.165, 1.54) is 6.33 Å². The van der Waals surface area contributed by atoms with Gasteiger partial charge in [0.25, 0.3) is 0 Å². The number of nitrogens with one attached hydrogen (secondary N) is 1. The van der Waals surface area contributed by atoms with E-state index in [1.54, 1.807) is 15.8 Å². The Morgan fingerprint density at radius 2 is 1.78 bits per heavy atom. The molecule has 0 spiro atoms. The Kier molecular flexibility index (Phi) is 10.3. The predicted molar refractivity (Wildman–Crippen MR) is 202 cm³/mol. The molecule has 5 fully saturated rings. The molecule has 296 valence electrons. The fraction of sp³-hybridized carbons (Fsp3) is 0.775. The number of carbonyl (C=O) groups excluding carboxylic acids is 4. The number of aliphatic hydroxyl groups excluding tert-OH is 1. The van der Waals surface area contributed by atoms with Crippen LogP contribution in [-0.4, -0.2) is 91.2 Å². The van der Waals surface area contributed by atoms with Crippen LogP contribution in [0, 0.1) is 45.8 Å². The number of amides is 3. The first-order chi connectivity index (χ1) is 25.6. The third-order valence-electron chi connectivity index (χ3n) is 15.3. The van der Waals surface area contributed by atoms with Crippen molar-refractivity contribution in [3.05, 3.63) is 12.7 Å². The Bertz CT molecular complexity index is 1780. The predicted octanol–water partition coefficient (Wildman–Crippen LogP) is 4.43. The average Bonchev–Trinajstić information content (AvgIpc) is 3.73. The molecule has 0 radical (unpaired) electrons. The van der Waals surface area contributed by atoms with Gasteiger partial charge < -0.3 is 29.9 Å². The van der Waals surface area contributed by atoms with Crippen molar-refractivity contribution >= 4 is 40.7 Å². The third kappa shape index (κ3) is 6.38. The van der Waals surface area contributed by atoms with Gasteiger partial charge in [0.2, 0.25) is 11.8 Å². The number of rotatable bonds is 6. The van der Waals surface area contributed by atoms with Crippen molar-refractivity contribution in [2.45, 2.75) is 131 Å². The second-order valence-electron chi connectivity index (χ2n) is 18.1. The number of piperidine rings is 2. The van der Waals surface area contributed by atoms with Crippen LogP contribution in [0.2, 0.25) is 0 Å². The summed E-state index contributed by atoms with van der Waals surface area (Å²) in [6, 6.07) is 0. The molecule has 2 aromatic heterocycles. The van der Waals surface area contributed by atoms with Gasteiger partial charge in [-0.1, -0.05) is 41.5 Å². The molecule has 8 unspecified atom stereocenters. The molecule has 0 aromatic carbocycles. The van der Waals surface area contributed by atoms with Crippen LogP contribution in [0.15, 0.2) is 12.7 Å². The molecule has 54 heavy (non-hydrogen) atoms. The number of hydrogen-bond donors (Lipinski definition) is 3. The number of aliphatic hydroxyl groups is 1. The highest BCUT2D eigenvalue weighted by molar-refractivity contribution is 5.93. The average molecular weight is 749 g/mol. The van der Waals surface area contributed by atoms with Crippen molar-refractivity contribution < 1.29 is 29.0 Å². The first-order valence-corrected chi connectivity index (χ1v) is 20.3. The van der Waals surface area contributed by atoms with Crippen LogP contribution in [0.25, 0.3) is 11.2 Å². The lowest BCUT2D eigenvalue weighted by molar-refractivity contribution is -0.198. The maximum absolute atomic E-state index is 13.7. The number of imide groups is 1. The minimum absolute atomic E-state index is 0.0484. The summed E-state index contributed by atoms with van der Waals surface area (Å²) in [6.45, 7) is 14.3. The first-order valence-electron chi connectivity index (χ1n) is 20.3. The van der Waals surface area contributed by atoms with Crippen molar-refractivity contribution in [1.29, 1.82) is 0 Å². The van der Waals surface area contributed by atoms with Gasteiger partial charge in [0.05, 0.1) is 18.6 Å². The molecule has 4 heterocycles. The van der Waals surface area contributed by atoms with E-state index in [4.69, 9.17) is 10.5 Å². The number of imidazole rings is 1. The van der Waals surface area contributed by atoms with Crippen LogP contribution >= 0.6 is 0 Å². The topological polar surface area (TPSA) is 186 Å². The Morgan fingerprint density at radius 3 is 2.48 bits per heavy atom. The normalized spacial score (nSPS) is 37.4. The molecule has 10 atom stereocenters. The smallest absolute Gasteiger partial charge is 0.414 e. The summed E-state index contributed by atoms with van der Waals surface area (Å²) in [5.41, 5.74) is 6.14. The Morgan fingerprint density at radius 1 is 1.04 bits per heavy atom. The number of fused-ring (bicyclic) bond motifs is 1. The van der Waals surface area contributed by atoms with Gasteiger partial charge in [0.15, 0.2) is 17.0 Å². The van der Waals surface area contributed by atoms with Gasteiger partial charge in [-0.05, 0) is 86.4 Å². The zero-order valence-electron chi connectivity index (χ0n) is 32.9. The first kappa shape index (κ1) is 38.6. The lowest BCUT2D eigenvalue weighted by Gasteiger charge is -2.62. The quantitative estimate of drug-likeness (QED) is 0.380. The second-order valence-corrected chi connectivity index (χ2v) is 18.1. The number of nitrogens with zero attached hydrogens (tertiary/aromatic N) is 6. The SMILES string of the molecule is CC[C@]1(C)CC(OC(=O)NC(=O)C2CCN(C(=O)Cn3cnc4c(N5CCC(C)CC5N)ncnc43)CC2)C2(C)C(C)CCC3(CCC(=O)C32)C(C)[C@@H]1O. The molecule has 14 nitrogen and oxygen atoms in total. The number of ketones is 1. The number of Topliss-reactive ketones (excluding diaryl/α,β-unsaturated/α-hetero) is 1. The minimum Gasteiger partial charge on any atom is -0.445 e. The highest BCUT2D eigenvalue weighted by Gasteiger charge is 2.68. The fourth-order valence-electron chi connectivity index (χ4n) is 11.3. The lowest BCUT2D eigenvalue weighted by Crippen LogP contribution is -2.63. The summed E-state index contributed by atoms with van der Waals surface area (Å²) in [6.07, 6.45) is 7.59. The van der Waals surface area contributed by atoms with E-state index in [0.717, 1.165) is 38.6 Å². The minimum atomic E-state index is -0.812. The Hall–Kier alpha value is -3.65. The number of carbonyl (C=O) groups is 4. The fourth-order valence-corrected chi connectivity index (χ4v) is 11.3. The van der Waals surface area contributed by atoms with E-state index >= 15 is 0 Å². The number of anilines is 1. The highest BCUT2D eigenvalue weighted by Crippen LogP contribution is 2.68. The van der Waals surface area contributed by atoms with Gasteiger partial charge in [-0.2, -0.15) is 0 Å². The Balaban J connectivity index is 0.983. The molecule has 7 rings (SSSR count). The van der Waals surface area contributed by atoms with E-state index in [9.17, 15) is 24.3 Å². The summed E-state index contributed by atoms with van der Waals surface area (Å²) in [5, 5.41) is 14.4. The van der Waals surface area contributed by atoms with Gasteiger partial charge in [0.1, 0.15) is 24.8 Å². The number of likely N-dealkylation sites (tertiary alicyclic amines) is 1. The molecule has 2 aliphatic heterocycles. The van der Waals surface area contributed by atoms with Crippen molar-refractivity contribution in [3.63, 3.8) is 0 Å². The summed E-state index contributed by atoms with van der Waals surface area (Å²) < 4.78 is 7.99. The van der Waals surface area contributed by atoms with Crippen LogP contribution in [0.4, 0.5) is 10.6 Å². The summed E-state index contributed by atoms with van der Waals surface area (Å²) in [4.78, 5) is 71.6. The molecule has 5 aliphatic rings. The molecule has 2 bridgehead atoms. The maximum Gasteiger partial charge on any atom is 0.414 e. The van der Waals surface area contributed by atoms with E-state index in [0.29, 0.717) is 68.1 Å². The van der Waals surface area contributed by atoms with Crippen LogP contribution < -0.4 is 16.0 Å². The van der Waals surface area contributed by atoms with Gasteiger partial charge in [0, 0.05) is 43.3 Å². The zero-order chi connectivity index (χ0) is 38.7. The summed E-state index contributed by atoms with van der Waals surface area (Å²) in [5.74, 6) is 0.165. The van der Waals surface area contributed by atoms with E-state index in [1.807, 2.05) is 0 Å². The van der Waals surface area contributed by atoms with E-state index in [-0.39, 0.29) is 47.6 Å². The molecule has 14 heteroatoms. The van der Waals surface area contributed by atoms with Crippen molar-refractivity contribution in [2.24, 2.45) is 51.6 Å². The highest BCUT2D eigenvalue weighted by atomic mass is 16.6. The van der Waals surface area contributed by atoms with E-state index in [2.05, 4.69) is 66.7 Å². The summed E-state index contributed by atoms with van der Waals surface area (Å²) in [7, 11) is 0. The third-order valence-corrected chi connectivity index (χ3v) is 15.3. The standard InChI is InChI=1S/C40H60N8O6/c1-7-38(5)19-28(39(6)24(3)8-13-40(25(4)33(38)51)14-9-27(49)32(39)40)54-37(53)45-36(52)26-11-15-46(16-12-26)30(50)20-47-22-44-31-34(47)42-21-43-35(31)48-17-10-23(2)18-29(48)41/h21-26,28-29,32-33,51H,7-20,41H2,1-6H3,(H,45,52,53)/t23?,24?,25?,28?,29?,32?,33-,38+,39?,40?/m0/s1. The van der Waals surface area contributed by atoms with Crippen LogP contribution in [-0.2, 0) is 25.7 Å². The number of aromatic nitrogens is 4. The van der Waals surface area contributed by atoms with Crippen molar-refractivity contribution in [2.75, 3.05) is 24.5 Å². The maximum atomic E-state index is 13.7. The molecule has 3 aliphatic carbocycles. The number of hydrogen-bond acceptors (Lipinski definition) is 11. The molecule has 3 amide bonds. The lowest BCUT2D eigenvalue weighted by atomic mass is 9.43. The van der Waals surface area contributed by atoms with Gasteiger partial charge in [-0.3, -0.25) is 19.7 Å². The monoisotopic (exact) mass is 748 g/mol. The van der Waals surface area contributed by atoms with Crippen LogP contribution in [0.1, 0.15) is 106 Å². The Labute approximate surface area is 318 Å². The largest absolute Gasteiger partial charge is 0.445 e. The number of ether oxygens (including phenoxy) is 1. The number of nitrogens with two attached hydrogens (primary N) is 1. The van der Waals surface area contributed by atoms with Gasteiger partial charge in [-0.25, -0.2) is 19.7 Å². The van der Waals surface area contributed by atoms with Crippen molar-refractivity contribution in [3.8, 4) is 0 Å². The zero-order valence-corrected chi connectivity index (χ0v) is 32.9. The number of alkyl carbamates (subject to hydrolysis) is 1. The molecular weight excluding hydrogens is 688 g/mol. The molecule has 2 aromatic rings. The summed E-state index contributed by atoms with van der Waals surface area (Å²) >= 11 is 0. The molecule has 2 saturated heterocycles. The molecular formula is C40H60N8O6. The molecule has 4 N–H and O–H groups in total. The van der Waals surface area contributed by atoms with E-state index < -0.39 is 41.0 Å². The van der Waals surface area contributed by atoms with Gasteiger partial charge in [-0.15, -0.1) is 0 Å². The van der Waals surface area contributed by atoms with Gasteiger partial charge >= 0.3 is 6.09 Å². The second kappa shape index (κ2) is 14.5. The van der Waals surface area contributed by atoms with Crippen molar-refractivity contribution in [1.82, 2.24) is 29.7 Å². The van der Waals surface area contributed by atoms with Crippen LogP contribution in [0.3, 0.4) is 0 Å². The van der Waals surface area contributed by atoms with Crippen LogP contribution in [0.5, 0.6) is 0 Å². The molecule has 3 saturated carbocycles.